The fraction of sp³-hybridized carbons (Fsp3) is 0.583. The normalized spacial score (nSPS) is 21.3. The highest BCUT2D eigenvalue weighted by atomic mass is 32.2. The number of sulfonamides is 1. The summed E-state index contributed by atoms with van der Waals surface area (Å²) >= 11 is 0. The topological polar surface area (TPSA) is 100 Å². The van der Waals surface area contributed by atoms with E-state index >= 15 is 0 Å². The molecule has 2 aliphatic heterocycles. The Bertz CT molecular complexity index is 628. The second kappa shape index (κ2) is 5.41. The van der Waals surface area contributed by atoms with Crippen molar-refractivity contribution in [2.75, 3.05) is 39.4 Å². The molecular formula is C12H16N2O6S. The van der Waals surface area contributed by atoms with Gasteiger partial charge in [-0.2, -0.15) is 4.31 Å². The van der Waals surface area contributed by atoms with Crippen molar-refractivity contribution in [1.29, 1.82) is 0 Å². The fourth-order valence-corrected chi connectivity index (χ4v) is 3.58. The predicted octanol–water partition coefficient (Wildman–Crippen LogP) is -0.883. The number of furan rings is 1. The molecule has 1 amide bonds. The van der Waals surface area contributed by atoms with Crippen LogP contribution in [0.2, 0.25) is 0 Å². The summed E-state index contributed by atoms with van der Waals surface area (Å²) in [5.41, 5.74) is 0. The summed E-state index contributed by atoms with van der Waals surface area (Å²) in [6, 6.07) is 2.63. The first kappa shape index (κ1) is 14.5. The summed E-state index contributed by atoms with van der Waals surface area (Å²) in [7, 11) is -3.73. The zero-order chi connectivity index (χ0) is 15.0. The average Bonchev–Trinajstić information content (AvgIpc) is 2.95. The molecule has 0 radical (unpaired) electrons. The molecule has 2 saturated heterocycles. The summed E-state index contributed by atoms with van der Waals surface area (Å²) in [5.74, 6) is -0.447. The molecule has 0 unspecified atom stereocenters. The second-order valence-electron chi connectivity index (χ2n) is 5.00. The van der Waals surface area contributed by atoms with Crippen molar-refractivity contribution in [1.82, 2.24) is 9.21 Å². The molecule has 1 aromatic heterocycles. The number of aliphatic hydroxyl groups excluding tert-OH is 1. The Morgan fingerprint density at radius 3 is 2.52 bits per heavy atom. The summed E-state index contributed by atoms with van der Waals surface area (Å²) in [5, 5.41) is 8.94. The van der Waals surface area contributed by atoms with Crippen LogP contribution in [0.3, 0.4) is 0 Å². The Morgan fingerprint density at radius 1 is 1.24 bits per heavy atom. The van der Waals surface area contributed by atoms with Gasteiger partial charge in [-0.15, -0.1) is 0 Å². The number of β-amino-alcohol motifs (C(OH)–C–C–N with tert-alkyl or cyclic N) is 1. The number of carbonyl (C=O) groups is 1. The number of morpholine rings is 1. The number of likely N-dealkylation sites (tertiary alicyclic amines) is 1. The minimum atomic E-state index is -3.73. The van der Waals surface area contributed by atoms with E-state index in [4.69, 9.17) is 9.15 Å². The van der Waals surface area contributed by atoms with Crippen LogP contribution in [0.5, 0.6) is 0 Å². The van der Waals surface area contributed by atoms with Gasteiger partial charge < -0.3 is 19.2 Å². The zero-order valence-corrected chi connectivity index (χ0v) is 12.1. The Kier molecular flexibility index (Phi) is 3.74. The maximum absolute atomic E-state index is 12.3. The Labute approximate surface area is 121 Å². The molecule has 8 nitrogen and oxygen atoms in total. The third-order valence-electron chi connectivity index (χ3n) is 3.51. The molecule has 0 atom stereocenters. The van der Waals surface area contributed by atoms with Crippen LogP contribution in [0.1, 0.15) is 10.6 Å². The standard InChI is InChI=1S/C12H16N2O6S/c15-9-7-13(8-9)12(16)10-1-2-11(20-10)21(17,18)14-3-5-19-6-4-14/h1-2,9,15H,3-8H2. The van der Waals surface area contributed by atoms with E-state index in [9.17, 15) is 18.3 Å². The van der Waals surface area contributed by atoms with E-state index in [1.807, 2.05) is 0 Å². The van der Waals surface area contributed by atoms with Crippen LogP contribution < -0.4 is 0 Å². The highest BCUT2D eigenvalue weighted by molar-refractivity contribution is 7.89. The highest BCUT2D eigenvalue weighted by Crippen LogP contribution is 2.22. The number of rotatable bonds is 3. The summed E-state index contributed by atoms with van der Waals surface area (Å²) in [4.78, 5) is 13.4. The lowest BCUT2D eigenvalue weighted by Gasteiger charge is -2.35. The van der Waals surface area contributed by atoms with E-state index in [2.05, 4.69) is 0 Å². The van der Waals surface area contributed by atoms with Gasteiger partial charge in [0.25, 0.3) is 15.9 Å². The maximum Gasteiger partial charge on any atom is 0.289 e. The maximum atomic E-state index is 12.3. The van der Waals surface area contributed by atoms with Gasteiger partial charge in [0.1, 0.15) is 0 Å². The van der Waals surface area contributed by atoms with Crippen LogP contribution in [-0.4, -0.2) is 74.1 Å². The van der Waals surface area contributed by atoms with Gasteiger partial charge in [0.05, 0.1) is 19.3 Å². The van der Waals surface area contributed by atoms with Crippen LogP contribution in [0.25, 0.3) is 0 Å². The van der Waals surface area contributed by atoms with Gasteiger partial charge in [-0.1, -0.05) is 0 Å². The molecule has 116 valence electrons. The van der Waals surface area contributed by atoms with Gasteiger partial charge in [-0.25, -0.2) is 8.42 Å². The molecule has 2 aliphatic rings. The number of aliphatic hydroxyl groups is 1. The fourth-order valence-electron chi connectivity index (χ4n) is 2.26. The quantitative estimate of drug-likeness (QED) is 0.777. The first-order valence-electron chi connectivity index (χ1n) is 6.63. The minimum absolute atomic E-state index is 0.0336. The molecule has 9 heteroatoms. The van der Waals surface area contributed by atoms with Crippen LogP contribution in [0.15, 0.2) is 21.6 Å². The predicted molar refractivity (Wildman–Crippen MR) is 70.2 cm³/mol. The van der Waals surface area contributed by atoms with Crippen molar-refractivity contribution < 1.29 is 27.5 Å². The van der Waals surface area contributed by atoms with Gasteiger partial charge >= 0.3 is 0 Å². The number of carbonyl (C=O) groups excluding carboxylic acids is 1. The Hall–Kier alpha value is -1.42. The molecule has 3 rings (SSSR count). The molecule has 0 saturated carbocycles. The lowest BCUT2D eigenvalue weighted by molar-refractivity contribution is 0.00359. The molecule has 21 heavy (non-hydrogen) atoms. The smallest absolute Gasteiger partial charge is 0.289 e. The molecule has 0 spiro atoms. The molecule has 0 aliphatic carbocycles. The number of amides is 1. The van der Waals surface area contributed by atoms with Crippen LogP contribution in [0.4, 0.5) is 0 Å². The van der Waals surface area contributed by atoms with Crippen molar-refractivity contribution in [3.8, 4) is 0 Å². The number of nitrogens with zero attached hydrogens (tertiary/aromatic N) is 2. The van der Waals surface area contributed by atoms with Gasteiger partial charge in [-0.3, -0.25) is 4.79 Å². The van der Waals surface area contributed by atoms with E-state index in [-0.39, 0.29) is 37.0 Å². The number of ether oxygens (including phenoxy) is 1. The second-order valence-corrected chi connectivity index (χ2v) is 6.87. The van der Waals surface area contributed by atoms with Crippen LogP contribution in [0, 0.1) is 0 Å². The molecular weight excluding hydrogens is 300 g/mol. The Morgan fingerprint density at radius 2 is 1.90 bits per heavy atom. The average molecular weight is 316 g/mol. The van der Waals surface area contributed by atoms with E-state index in [1.54, 1.807) is 0 Å². The largest absolute Gasteiger partial charge is 0.438 e. The van der Waals surface area contributed by atoms with Crippen molar-refractivity contribution in [2.24, 2.45) is 0 Å². The van der Waals surface area contributed by atoms with Crippen LogP contribution in [-0.2, 0) is 14.8 Å². The van der Waals surface area contributed by atoms with Gasteiger partial charge in [0.2, 0.25) is 5.09 Å². The third kappa shape index (κ3) is 2.69. The molecule has 3 heterocycles. The van der Waals surface area contributed by atoms with Crippen molar-refractivity contribution in [2.45, 2.75) is 11.2 Å². The molecule has 2 fully saturated rings. The van der Waals surface area contributed by atoms with Crippen LogP contribution >= 0.6 is 0 Å². The van der Waals surface area contributed by atoms with Gasteiger partial charge in [0, 0.05) is 26.2 Å². The van der Waals surface area contributed by atoms with E-state index in [0.29, 0.717) is 13.2 Å². The minimum Gasteiger partial charge on any atom is -0.438 e. The zero-order valence-electron chi connectivity index (χ0n) is 11.3. The summed E-state index contributed by atoms with van der Waals surface area (Å²) < 4.78 is 36.3. The Balaban J connectivity index is 1.76. The van der Waals surface area contributed by atoms with E-state index < -0.39 is 22.0 Å². The third-order valence-corrected chi connectivity index (χ3v) is 5.28. The summed E-state index contributed by atoms with van der Waals surface area (Å²) in [6.07, 6.45) is -0.513. The summed E-state index contributed by atoms with van der Waals surface area (Å²) in [6.45, 7) is 1.71. The monoisotopic (exact) mass is 316 g/mol. The number of hydrogen-bond acceptors (Lipinski definition) is 6. The van der Waals surface area contributed by atoms with Gasteiger partial charge in [-0.05, 0) is 12.1 Å². The highest BCUT2D eigenvalue weighted by Gasteiger charge is 2.34. The molecule has 1 aromatic rings. The van der Waals surface area contributed by atoms with Crippen molar-refractivity contribution in [3.63, 3.8) is 0 Å². The van der Waals surface area contributed by atoms with Gasteiger partial charge in [0.15, 0.2) is 5.76 Å². The van der Waals surface area contributed by atoms with E-state index in [0.717, 1.165) is 0 Å². The van der Waals surface area contributed by atoms with Crippen molar-refractivity contribution >= 4 is 15.9 Å². The lowest BCUT2D eigenvalue weighted by Crippen LogP contribution is -2.53. The first-order chi connectivity index (χ1) is 9.98. The molecule has 0 bridgehead atoms. The first-order valence-corrected chi connectivity index (χ1v) is 8.07. The SMILES string of the molecule is O=C(c1ccc(S(=O)(=O)N2CCOCC2)o1)N1CC(O)C1. The number of hydrogen-bond donors (Lipinski definition) is 1. The lowest BCUT2D eigenvalue weighted by atomic mass is 10.1. The van der Waals surface area contributed by atoms with E-state index in [1.165, 1.54) is 21.3 Å². The molecule has 1 N–H and O–H groups in total. The molecule has 0 aromatic carbocycles. The van der Waals surface area contributed by atoms with Crippen molar-refractivity contribution in [3.05, 3.63) is 17.9 Å².